The van der Waals surface area contributed by atoms with Gasteiger partial charge in [-0.15, -0.1) is 0 Å². The molecule has 0 atom stereocenters. The Balaban J connectivity index is 2.71. The molecule has 0 amide bonds. The topological polar surface area (TPSA) is 0 Å². The van der Waals surface area contributed by atoms with Gasteiger partial charge in [0.1, 0.15) is 0 Å². The normalized spacial score (nSPS) is 8.55. The Bertz CT molecular complexity index is 279. The summed E-state index contributed by atoms with van der Waals surface area (Å²) in [7, 11) is 0. The maximum atomic E-state index is 3.38. The molecule has 1 aromatic carbocycles. The Morgan fingerprint density at radius 1 is 1.27 bits per heavy atom. The number of hydrogen-bond acceptors (Lipinski definition) is 0. The van der Waals surface area contributed by atoms with Crippen LogP contribution in [-0.2, 0) is 0 Å². The molecule has 1 rings (SSSR count). The molecule has 1 aromatic rings. The van der Waals surface area contributed by atoms with Gasteiger partial charge in [0, 0.05) is 0 Å². The molecular formula is C9H7BrSe. The van der Waals surface area contributed by atoms with Crippen LogP contribution in [0.2, 0.25) is 0 Å². The van der Waals surface area contributed by atoms with Crippen LogP contribution >= 0.6 is 15.9 Å². The van der Waals surface area contributed by atoms with E-state index in [9.17, 15) is 0 Å². The van der Waals surface area contributed by atoms with Gasteiger partial charge in [-0.05, 0) is 0 Å². The third-order valence-electron chi connectivity index (χ3n) is 1.08. The van der Waals surface area contributed by atoms with E-state index in [0.29, 0.717) is 15.0 Å². The molecule has 0 saturated heterocycles. The maximum absolute atomic E-state index is 3.38. The van der Waals surface area contributed by atoms with E-state index in [1.54, 1.807) is 0 Å². The third-order valence-corrected chi connectivity index (χ3v) is 3.32. The zero-order valence-corrected chi connectivity index (χ0v) is 9.39. The summed E-state index contributed by atoms with van der Waals surface area (Å²) in [4.78, 5) is 3.08. The average molecular weight is 274 g/mol. The van der Waals surface area contributed by atoms with E-state index >= 15 is 0 Å². The van der Waals surface area contributed by atoms with E-state index < -0.39 is 0 Å². The monoisotopic (exact) mass is 274 g/mol. The Kier molecular flexibility index (Phi) is 3.72. The van der Waals surface area contributed by atoms with Crippen molar-refractivity contribution >= 4 is 35.3 Å². The molecule has 56 valence electrons. The summed E-state index contributed by atoms with van der Waals surface area (Å²) in [5, 5.41) is 0. The summed E-state index contributed by atoms with van der Waals surface area (Å²) in [6, 6.07) is 8.31. The molecule has 0 aliphatic carbocycles. The van der Waals surface area contributed by atoms with Gasteiger partial charge in [0.2, 0.25) is 0 Å². The molecule has 0 heterocycles. The molecule has 0 saturated carbocycles. The van der Waals surface area contributed by atoms with E-state index in [1.807, 2.05) is 6.92 Å². The number of halogens is 1. The predicted molar refractivity (Wildman–Crippen MR) is 53.0 cm³/mol. The fourth-order valence-corrected chi connectivity index (χ4v) is 1.91. The van der Waals surface area contributed by atoms with Gasteiger partial charge in [0.15, 0.2) is 0 Å². The zero-order chi connectivity index (χ0) is 8.10. The summed E-state index contributed by atoms with van der Waals surface area (Å²) in [6.45, 7) is 1.88. The van der Waals surface area contributed by atoms with E-state index in [0.717, 1.165) is 4.47 Å². The molecule has 0 nitrogen and oxygen atoms in total. The van der Waals surface area contributed by atoms with Crippen molar-refractivity contribution in [1.82, 2.24) is 0 Å². The zero-order valence-electron chi connectivity index (χ0n) is 6.10. The van der Waals surface area contributed by atoms with Crippen molar-refractivity contribution in [3.63, 3.8) is 0 Å². The number of hydrogen-bond donors (Lipinski definition) is 0. The molecule has 0 bridgehead atoms. The van der Waals surface area contributed by atoms with Crippen molar-refractivity contribution < 1.29 is 0 Å². The first kappa shape index (κ1) is 8.87. The summed E-state index contributed by atoms with van der Waals surface area (Å²) < 4.78 is 2.46. The van der Waals surface area contributed by atoms with Gasteiger partial charge in [-0.25, -0.2) is 0 Å². The van der Waals surface area contributed by atoms with Crippen molar-refractivity contribution in [3.8, 4) is 10.7 Å². The fraction of sp³-hybridized carbons (Fsp3) is 0.111. The van der Waals surface area contributed by atoms with Crippen LogP contribution in [0.3, 0.4) is 0 Å². The first-order valence-electron chi connectivity index (χ1n) is 3.17. The van der Waals surface area contributed by atoms with Crippen LogP contribution in [0.15, 0.2) is 28.7 Å². The summed E-state index contributed by atoms with van der Waals surface area (Å²) in [5.41, 5.74) is 0. The Morgan fingerprint density at radius 2 is 1.91 bits per heavy atom. The van der Waals surface area contributed by atoms with Crippen LogP contribution in [-0.4, -0.2) is 15.0 Å². The van der Waals surface area contributed by atoms with E-state index in [-0.39, 0.29) is 0 Å². The van der Waals surface area contributed by atoms with Crippen molar-refractivity contribution in [2.45, 2.75) is 6.92 Å². The molecule has 0 aliphatic rings. The van der Waals surface area contributed by atoms with E-state index in [1.165, 1.54) is 4.46 Å². The van der Waals surface area contributed by atoms with Gasteiger partial charge in [0.05, 0.1) is 0 Å². The Morgan fingerprint density at radius 3 is 2.45 bits per heavy atom. The predicted octanol–water partition coefficient (Wildman–Crippen LogP) is 1.76. The SMILES string of the molecule is CC#C[Se]c1ccc(Br)cc1. The molecular weight excluding hydrogens is 267 g/mol. The van der Waals surface area contributed by atoms with Gasteiger partial charge >= 0.3 is 81.7 Å². The standard InChI is InChI=1S/C9H7BrSe/c1-2-7-11-9-5-3-8(10)4-6-9/h3-6H,1H3. The first-order valence-corrected chi connectivity index (χ1v) is 5.67. The van der Waals surface area contributed by atoms with Crippen molar-refractivity contribution in [1.29, 1.82) is 0 Å². The molecule has 0 unspecified atom stereocenters. The van der Waals surface area contributed by atoms with Crippen molar-refractivity contribution in [3.05, 3.63) is 28.7 Å². The Labute approximate surface area is 81.7 Å². The molecule has 0 N–H and O–H groups in total. The summed E-state index contributed by atoms with van der Waals surface area (Å²) in [5.74, 6) is 2.90. The van der Waals surface area contributed by atoms with Crippen molar-refractivity contribution in [2.24, 2.45) is 0 Å². The quantitative estimate of drug-likeness (QED) is 0.540. The molecule has 0 aromatic heterocycles. The first-order chi connectivity index (χ1) is 5.33. The van der Waals surface area contributed by atoms with Crippen molar-refractivity contribution in [2.75, 3.05) is 0 Å². The van der Waals surface area contributed by atoms with E-state index in [4.69, 9.17) is 0 Å². The average Bonchev–Trinajstić information content (AvgIpc) is 2.04. The second-order valence-corrected chi connectivity index (χ2v) is 4.67. The van der Waals surface area contributed by atoms with Gasteiger partial charge in [-0.3, -0.25) is 0 Å². The van der Waals surface area contributed by atoms with Gasteiger partial charge in [0.25, 0.3) is 0 Å². The van der Waals surface area contributed by atoms with Crippen LogP contribution in [0.1, 0.15) is 6.92 Å². The molecule has 2 heteroatoms. The molecule has 0 aliphatic heterocycles. The minimum atomic E-state index is 0.329. The van der Waals surface area contributed by atoms with Crippen LogP contribution in [0, 0.1) is 10.7 Å². The third kappa shape index (κ3) is 3.12. The van der Waals surface area contributed by atoms with Crippen LogP contribution < -0.4 is 4.46 Å². The number of rotatable bonds is 1. The van der Waals surface area contributed by atoms with Gasteiger partial charge < -0.3 is 0 Å². The van der Waals surface area contributed by atoms with Gasteiger partial charge in [-0.2, -0.15) is 0 Å². The Hall–Kier alpha value is -0.221. The minimum absolute atomic E-state index is 0.329. The second kappa shape index (κ2) is 4.62. The van der Waals surface area contributed by atoms with Crippen LogP contribution in [0.4, 0.5) is 0 Å². The fourth-order valence-electron chi connectivity index (χ4n) is 0.613. The molecule has 0 radical (unpaired) electrons. The van der Waals surface area contributed by atoms with Crippen LogP contribution in [0.5, 0.6) is 0 Å². The number of benzene rings is 1. The molecule has 0 fully saturated rings. The summed E-state index contributed by atoms with van der Waals surface area (Å²) in [6.07, 6.45) is 0. The summed E-state index contributed by atoms with van der Waals surface area (Å²) >= 11 is 3.71. The van der Waals surface area contributed by atoms with Crippen LogP contribution in [0.25, 0.3) is 0 Å². The molecule has 0 spiro atoms. The van der Waals surface area contributed by atoms with Gasteiger partial charge in [-0.1, -0.05) is 0 Å². The van der Waals surface area contributed by atoms with E-state index in [2.05, 4.69) is 50.9 Å². The molecule has 11 heavy (non-hydrogen) atoms. The second-order valence-electron chi connectivity index (χ2n) is 1.91.